The van der Waals surface area contributed by atoms with Crippen LogP contribution < -0.4 is 4.79 Å². The first-order valence-electron chi connectivity index (χ1n) is 5.83. The number of fused-ring (bicyclic) bond motifs is 1. The molecule has 0 aliphatic carbocycles. The molecule has 0 aliphatic heterocycles. The SMILES string of the molecule is CN(C)CC(=N[n+]1[nH]nc2ccccc21)N(C)C. The molecule has 1 aromatic heterocycles. The lowest BCUT2D eigenvalue weighted by molar-refractivity contribution is -0.714. The fraction of sp³-hybridized carbons (Fsp3) is 0.417. The molecule has 0 bridgehead atoms. The molecule has 0 fully saturated rings. The standard InChI is InChI=1S/C12H18N6/c1-16(2)9-12(17(3)4)14-18-11-8-6-5-7-10(11)13-15-18/h5-8H,9H2,1-4H3/p+1. The third-order valence-electron chi connectivity index (χ3n) is 2.56. The minimum absolute atomic E-state index is 0.771. The molecule has 2 aromatic rings. The zero-order valence-electron chi connectivity index (χ0n) is 11.3. The molecule has 0 saturated carbocycles. The van der Waals surface area contributed by atoms with Crippen LogP contribution in [0.3, 0.4) is 0 Å². The Morgan fingerprint density at radius 3 is 2.67 bits per heavy atom. The molecule has 2 rings (SSSR count). The fourth-order valence-corrected chi connectivity index (χ4v) is 1.63. The molecule has 6 heteroatoms. The summed E-state index contributed by atoms with van der Waals surface area (Å²) >= 11 is 0. The van der Waals surface area contributed by atoms with Crippen LogP contribution >= 0.6 is 0 Å². The van der Waals surface area contributed by atoms with E-state index in [1.807, 2.05) is 57.4 Å². The van der Waals surface area contributed by atoms with Crippen molar-refractivity contribution in [3.05, 3.63) is 24.3 Å². The molecule has 0 unspecified atom stereocenters. The van der Waals surface area contributed by atoms with Crippen molar-refractivity contribution in [2.24, 2.45) is 5.10 Å². The number of benzene rings is 1. The van der Waals surface area contributed by atoms with Crippen molar-refractivity contribution in [2.45, 2.75) is 0 Å². The van der Waals surface area contributed by atoms with Crippen LogP contribution in [0.1, 0.15) is 0 Å². The molecule has 18 heavy (non-hydrogen) atoms. The van der Waals surface area contributed by atoms with E-state index < -0.39 is 0 Å². The van der Waals surface area contributed by atoms with E-state index in [1.54, 1.807) is 4.79 Å². The van der Waals surface area contributed by atoms with E-state index in [0.29, 0.717) is 0 Å². The molecule has 0 amide bonds. The summed E-state index contributed by atoms with van der Waals surface area (Å²) in [5.74, 6) is 0.958. The topological polar surface area (TPSA) is 51.4 Å². The molecular formula is C12H19N6+. The zero-order chi connectivity index (χ0) is 13.1. The number of nitrogens with zero attached hydrogens (tertiary/aromatic N) is 5. The number of aromatic nitrogens is 3. The Labute approximate surface area is 106 Å². The molecule has 96 valence electrons. The maximum Gasteiger partial charge on any atom is 0.251 e. The van der Waals surface area contributed by atoms with Gasteiger partial charge in [-0.05, 0) is 41.3 Å². The predicted octanol–water partition coefficient (Wildman–Crippen LogP) is 0.135. The average molecular weight is 247 g/mol. The lowest BCUT2D eigenvalue weighted by Crippen LogP contribution is -2.40. The van der Waals surface area contributed by atoms with Crippen LogP contribution in [0, 0.1) is 0 Å². The van der Waals surface area contributed by atoms with Crippen LogP contribution in [0.2, 0.25) is 0 Å². The molecule has 6 nitrogen and oxygen atoms in total. The predicted molar refractivity (Wildman–Crippen MR) is 71.4 cm³/mol. The van der Waals surface area contributed by atoms with Crippen LogP contribution in [0.4, 0.5) is 0 Å². The van der Waals surface area contributed by atoms with E-state index in [1.165, 1.54) is 0 Å². The van der Waals surface area contributed by atoms with Gasteiger partial charge in [-0.1, -0.05) is 12.1 Å². The monoisotopic (exact) mass is 247 g/mol. The summed E-state index contributed by atoms with van der Waals surface area (Å²) in [6, 6.07) is 7.89. The second kappa shape index (κ2) is 5.14. The average Bonchev–Trinajstić information content (AvgIpc) is 2.71. The van der Waals surface area contributed by atoms with Crippen LogP contribution in [-0.4, -0.2) is 60.7 Å². The van der Waals surface area contributed by atoms with Crippen molar-refractivity contribution in [2.75, 3.05) is 34.7 Å². The smallest absolute Gasteiger partial charge is 0.251 e. The molecule has 0 atom stereocenters. The number of H-pyrrole nitrogens is 1. The van der Waals surface area contributed by atoms with Crippen LogP contribution in [0.15, 0.2) is 29.4 Å². The summed E-state index contributed by atoms with van der Waals surface area (Å²) in [6.07, 6.45) is 0. The largest absolute Gasteiger partial charge is 0.362 e. The second-order valence-electron chi connectivity index (χ2n) is 4.66. The Balaban J connectivity index is 2.40. The first kappa shape index (κ1) is 12.5. The summed E-state index contributed by atoms with van der Waals surface area (Å²) < 4.78 is 0. The van der Waals surface area contributed by atoms with E-state index in [9.17, 15) is 0 Å². The van der Waals surface area contributed by atoms with Crippen LogP contribution in [-0.2, 0) is 0 Å². The fourth-order valence-electron chi connectivity index (χ4n) is 1.63. The van der Waals surface area contributed by atoms with Gasteiger partial charge in [-0.15, -0.1) is 0 Å². The van der Waals surface area contributed by atoms with E-state index in [2.05, 4.69) is 20.3 Å². The van der Waals surface area contributed by atoms with Gasteiger partial charge >= 0.3 is 0 Å². The van der Waals surface area contributed by atoms with Crippen molar-refractivity contribution in [1.29, 1.82) is 0 Å². The number of nitrogens with one attached hydrogen (secondary N) is 1. The third kappa shape index (κ3) is 2.65. The molecule has 0 saturated heterocycles. The number of likely N-dealkylation sites (N-methyl/N-ethyl adjacent to an activating group) is 2. The third-order valence-corrected chi connectivity index (χ3v) is 2.56. The van der Waals surface area contributed by atoms with E-state index in [-0.39, 0.29) is 0 Å². The van der Waals surface area contributed by atoms with Gasteiger partial charge in [0.25, 0.3) is 5.52 Å². The maximum absolute atomic E-state index is 4.59. The van der Waals surface area contributed by atoms with Gasteiger partial charge in [0.1, 0.15) is 0 Å². The highest BCUT2D eigenvalue weighted by Gasteiger charge is 2.13. The summed E-state index contributed by atoms with van der Waals surface area (Å²) in [5, 5.41) is 11.7. The molecule has 1 aromatic carbocycles. The second-order valence-corrected chi connectivity index (χ2v) is 4.66. The number of aromatic amines is 1. The van der Waals surface area contributed by atoms with Crippen molar-refractivity contribution in [3.63, 3.8) is 0 Å². The van der Waals surface area contributed by atoms with Crippen molar-refractivity contribution in [3.8, 4) is 0 Å². The van der Waals surface area contributed by atoms with Gasteiger partial charge in [0.05, 0.1) is 6.54 Å². The minimum Gasteiger partial charge on any atom is -0.362 e. The van der Waals surface area contributed by atoms with Gasteiger partial charge in [0.15, 0.2) is 5.84 Å². The highest BCUT2D eigenvalue weighted by atomic mass is 15.6. The van der Waals surface area contributed by atoms with Gasteiger partial charge in [0.2, 0.25) is 5.52 Å². The first-order chi connectivity index (χ1) is 8.58. The Hall–Kier alpha value is -1.95. The van der Waals surface area contributed by atoms with Crippen molar-refractivity contribution in [1.82, 2.24) is 20.1 Å². The van der Waals surface area contributed by atoms with E-state index in [0.717, 1.165) is 23.4 Å². The Kier molecular flexibility index (Phi) is 3.57. The highest BCUT2D eigenvalue weighted by Crippen LogP contribution is 2.03. The quantitative estimate of drug-likeness (QED) is 0.477. The number of rotatable bonds is 3. The molecule has 1 heterocycles. The molecule has 0 spiro atoms. The van der Waals surface area contributed by atoms with Crippen molar-refractivity contribution < 1.29 is 4.79 Å². The Morgan fingerprint density at radius 2 is 2.00 bits per heavy atom. The van der Waals surface area contributed by atoms with Crippen LogP contribution in [0.25, 0.3) is 11.0 Å². The minimum atomic E-state index is 0.771. The lowest BCUT2D eigenvalue weighted by Gasteiger charge is -2.17. The lowest BCUT2D eigenvalue weighted by atomic mass is 10.3. The van der Waals surface area contributed by atoms with E-state index in [4.69, 9.17) is 0 Å². The van der Waals surface area contributed by atoms with Crippen molar-refractivity contribution >= 4 is 16.9 Å². The molecule has 1 N–H and O–H groups in total. The van der Waals surface area contributed by atoms with E-state index >= 15 is 0 Å². The van der Waals surface area contributed by atoms with Crippen LogP contribution in [0.5, 0.6) is 0 Å². The molecule has 0 radical (unpaired) electrons. The number of para-hydroxylation sites is 2. The molecule has 0 aliphatic rings. The molecular weight excluding hydrogens is 228 g/mol. The number of amidine groups is 1. The maximum atomic E-state index is 4.59. The first-order valence-corrected chi connectivity index (χ1v) is 5.83. The van der Waals surface area contributed by atoms with Gasteiger partial charge in [-0.2, -0.15) is 0 Å². The van der Waals surface area contributed by atoms with Gasteiger partial charge in [-0.25, -0.2) is 0 Å². The number of hydrogen-bond acceptors (Lipinski definition) is 3. The summed E-state index contributed by atoms with van der Waals surface area (Å²) in [7, 11) is 8.02. The number of hydrogen-bond donors (Lipinski definition) is 1. The van der Waals surface area contributed by atoms with Gasteiger partial charge in [0, 0.05) is 19.2 Å². The van der Waals surface area contributed by atoms with Gasteiger partial charge in [-0.3, -0.25) is 0 Å². The summed E-state index contributed by atoms with van der Waals surface area (Å²) in [4.78, 5) is 5.79. The summed E-state index contributed by atoms with van der Waals surface area (Å²) in [6.45, 7) is 0.771. The normalized spacial score (nSPS) is 12.4. The summed E-state index contributed by atoms with van der Waals surface area (Å²) in [5.41, 5.74) is 1.87. The highest BCUT2D eigenvalue weighted by molar-refractivity contribution is 5.83. The zero-order valence-corrected chi connectivity index (χ0v) is 11.3. The Morgan fingerprint density at radius 1 is 1.28 bits per heavy atom. The Bertz CT molecular complexity index is 554. The van der Waals surface area contributed by atoms with Gasteiger partial charge < -0.3 is 9.80 Å².